The van der Waals surface area contributed by atoms with Crippen LogP contribution in [-0.2, 0) is 13.0 Å². The zero-order chi connectivity index (χ0) is 14.9. The van der Waals surface area contributed by atoms with E-state index in [4.69, 9.17) is 0 Å². The number of benzene rings is 1. The number of rotatable bonds is 9. The SMILES string of the molecule is CCCn1ccnc1CCCC(NCC)c1ccccc1. The predicted octanol–water partition coefficient (Wildman–Crippen LogP) is 3.97. The second-order valence-corrected chi connectivity index (χ2v) is 5.45. The van der Waals surface area contributed by atoms with Crippen LogP contribution in [0.2, 0.25) is 0 Å². The Hall–Kier alpha value is -1.61. The summed E-state index contributed by atoms with van der Waals surface area (Å²) in [6.07, 6.45) is 8.54. The molecule has 1 aromatic carbocycles. The van der Waals surface area contributed by atoms with E-state index in [1.165, 1.54) is 11.4 Å². The summed E-state index contributed by atoms with van der Waals surface area (Å²) < 4.78 is 2.28. The van der Waals surface area contributed by atoms with Crippen LogP contribution < -0.4 is 5.32 Å². The molecule has 1 unspecified atom stereocenters. The van der Waals surface area contributed by atoms with Crippen molar-refractivity contribution < 1.29 is 0 Å². The molecule has 0 fully saturated rings. The Balaban J connectivity index is 1.89. The standard InChI is InChI=1S/C18H27N3/c1-3-14-21-15-13-20-18(21)12-8-11-17(19-4-2)16-9-6-5-7-10-16/h5-7,9-10,13,15,17,19H,3-4,8,11-12,14H2,1-2H3. The van der Waals surface area contributed by atoms with E-state index >= 15 is 0 Å². The first kappa shape index (κ1) is 15.8. The summed E-state index contributed by atoms with van der Waals surface area (Å²) in [4.78, 5) is 4.49. The average molecular weight is 285 g/mol. The van der Waals surface area contributed by atoms with Crippen molar-refractivity contribution in [3.63, 3.8) is 0 Å². The highest BCUT2D eigenvalue weighted by atomic mass is 15.1. The van der Waals surface area contributed by atoms with Gasteiger partial charge in [-0.1, -0.05) is 44.2 Å². The molecular formula is C18H27N3. The molecular weight excluding hydrogens is 258 g/mol. The van der Waals surface area contributed by atoms with Crippen molar-refractivity contribution in [3.05, 3.63) is 54.1 Å². The smallest absolute Gasteiger partial charge is 0.108 e. The Kier molecular flexibility index (Phi) is 6.48. The topological polar surface area (TPSA) is 29.9 Å². The van der Waals surface area contributed by atoms with Gasteiger partial charge in [-0.3, -0.25) is 0 Å². The summed E-state index contributed by atoms with van der Waals surface area (Å²) in [5, 5.41) is 3.59. The molecule has 1 heterocycles. The minimum atomic E-state index is 0.450. The third-order valence-electron chi connectivity index (χ3n) is 3.81. The molecule has 2 rings (SSSR count). The number of nitrogens with one attached hydrogen (secondary N) is 1. The van der Waals surface area contributed by atoms with Gasteiger partial charge in [-0.15, -0.1) is 0 Å². The molecule has 3 nitrogen and oxygen atoms in total. The molecule has 0 saturated heterocycles. The molecule has 3 heteroatoms. The second kappa shape index (κ2) is 8.63. The van der Waals surface area contributed by atoms with Crippen molar-refractivity contribution in [1.82, 2.24) is 14.9 Å². The average Bonchev–Trinajstić information content (AvgIpc) is 2.95. The Labute approximate surface area is 128 Å². The van der Waals surface area contributed by atoms with Crippen LogP contribution in [0.5, 0.6) is 0 Å². The van der Waals surface area contributed by atoms with Crippen LogP contribution in [0.3, 0.4) is 0 Å². The lowest BCUT2D eigenvalue weighted by Crippen LogP contribution is -2.21. The van der Waals surface area contributed by atoms with Gasteiger partial charge in [0.2, 0.25) is 0 Å². The lowest BCUT2D eigenvalue weighted by Gasteiger charge is -2.18. The highest BCUT2D eigenvalue weighted by Crippen LogP contribution is 2.19. The van der Waals surface area contributed by atoms with Gasteiger partial charge in [-0.25, -0.2) is 4.98 Å². The van der Waals surface area contributed by atoms with Crippen molar-refractivity contribution >= 4 is 0 Å². The maximum atomic E-state index is 4.49. The number of aryl methyl sites for hydroxylation is 2. The number of hydrogen-bond acceptors (Lipinski definition) is 2. The quantitative estimate of drug-likeness (QED) is 0.755. The number of hydrogen-bond donors (Lipinski definition) is 1. The van der Waals surface area contributed by atoms with Gasteiger partial charge in [-0.05, 0) is 31.4 Å². The van der Waals surface area contributed by atoms with Crippen LogP contribution in [0, 0.1) is 0 Å². The molecule has 1 atom stereocenters. The summed E-state index contributed by atoms with van der Waals surface area (Å²) in [5.74, 6) is 1.22. The number of imidazole rings is 1. The fourth-order valence-corrected chi connectivity index (χ4v) is 2.80. The monoisotopic (exact) mass is 285 g/mol. The van der Waals surface area contributed by atoms with E-state index < -0.39 is 0 Å². The zero-order valence-corrected chi connectivity index (χ0v) is 13.3. The summed E-state index contributed by atoms with van der Waals surface area (Å²) in [5.41, 5.74) is 1.39. The van der Waals surface area contributed by atoms with E-state index in [0.29, 0.717) is 6.04 Å². The first-order chi connectivity index (χ1) is 10.3. The number of nitrogens with zero attached hydrogens (tertiary/aromatic N) is 2. The van der Waals surface area contributed by atoms with Crippen LogP contribution in [0.1, 0.15) is 50.5 Å². The highest BCUT2D eigenvalue weighted by Gasteiger charge is 2.10. The lowest BCUT2D eigenvalue weighted by molar-refractivity contribution is 0.490. The minimum absolute atomic E-state index is 0.450. The van der Waals surface area contributed by atoms with Gasteiger partial charge in [0, 0.05) is 31.4 Å². The summed E-state index contributed by atoms with van der Waals surface area (Å²) in [7, 11) is 0. The third kappa shape index (κ3) is 4.71. The molecule has 0 amide bonds. The lowest BCUT2D eigenvalue weighted by atomic mass is 10.0. The number of aromatic nitrogens is 2. The van der Waals surface area contributed by atoms with E-state index in [-0.39, 0.29) is 0 Å². The molecule has 1 N–H and O–H groups in total. The van der Waals surface area contributed by atoms with Gasteiger partial charge in [0.1, 0.15) is 5.82 Å². The molecule has 0 spiro atoms. The third-order valence-corrected chi connectivity index (χ3v) is 3.81. The molecule has 1 aromatic heterocycles. The van der Waals surface area contributed by atoms with Gasteiger partial charge in [0.15, 0.2) is 0 Å². The fourth-order valence-electron chi connectivity index (χ4n) is 2.80. The molecule has 21 heavy (non-hydrogen) atoms. The van der Waals surface area contributed by atoms with Gasteiger partial charge in [0.05, 0.1) is 0 Å². The zero-order valence-electron chi connectivity index (χ0n) is 13.3. The van der Waals surface area contributed by atoms with E-state index in [2.05, 4.69) is 65.2 Å². The summed E-state index contributed by atoms with van der Waals surface area (Å²) in [6.45, 7) is 6.46. The maximum absolute atomic E-state index is 4.49. The van der Waals surface area contributed by atoms with Crippen LogP contribution in [0.15, 0.2) is 42.7 Å². The minimum Gasteiger partial charge on any atom is -0.335 e. The van der Waals surface area contributed by atoms with Crippen LogP contribution in [0.25, 0.3) is 0 Å². The van der Waals surface area contributed by atoms with E-state index in [1.807, 2.05) is 6.20 Å². The molecule has 2 aromatic rings. The van der Waals surface area contributed by atoms with Crippen molar-refractivity contribution in [2.24, 2.45) is 0 Å². The van der Waals surface area contributed by atoms with Crippen molar-refractivity contribution in [2.45, 2.75) is 52.1 Å². The van der Waals surface area contributed by atoms with Gasteiger partial charge in [-0.2, -0.15) is 0 Å². The Morgan fingerprint density at radius 3 is 2.71 bits per heavy atom. The van der Waals surface area contributed by atoms with Crippen molar-refractivity contribution in [3.8, 4) is 0 Å². The van der Waals surface area contributed by atoms with Gasteiger partial charge >= 0.3 is 0 Å². The molecule has 0 aliphatic rings. The normalized spacial score (nSPS) is 12.5. The molecule has 0 aliphatic heterocycles. The maximum Gasteiger partial charge on any atom is 0.108 e. The molecule has 0 bridgehead atoms. The predicted molar refractivity (Wildman–Crippen MR) is 88.3 cm³/mol. The Bertz CT molecular complexity index is 504. The second-order valence-electron chi connectivity index (χ2n) is 5.45. The van der Waals surface area contributed by atoms with Crippen LogP contribution >= 0.6 is 0 Å². The molecule has 0 saturated carbocycles. The largest absolute Gasteiger partial charge is 0.335 e. The Morgan fingerprint density at radius 2 is 2.00 bits per heavy atom. The van der Waals surface area contributed by atoms with Gasteiger partial charge < -0.3 is 9.88 Å². The molecule has 0 aliphatic carbocycles. The molecule has 0 radical (unpaired) electrons. The van der Waals surface area contributed by atoms with E-state index in [1.54, 1.807) is 0 Å². The van der Waals surface area contributed by atoms with E-state index in [9.17, 15) is 0 Å². The summed E-state index contributed by atoms with van der Waals surface area (Å²) in [6, 6.07) is 11.2. The fraction of sp³-hybridized carbons (Fsp3) is 0.500. The Morgan fingerprint density at radius 1 is 1.19 bits per heavy atom. The van der Waals surface area contributed by atoms with Crippen molar-refractivity contribution in [2.75, 3.05) is 6.54 Å². The first-order valence-corrected chi connectivity index (χ1v) is 8.13. The molecule has 114 valence electrons. The van der Waals surface area contributed by atoms with E-state index in [0.717, 1.165) is 38.8 Å². The highest BCUT2D eigenvalue weighted by molar-refractivity contribution is 5.18. The van der Waals surface area contributed by atoms with Crippen LogP contribution in [0.4, 0.5) is 0 Å². The van der Waals surface area contributed by atoms with Gasteiger partial charge in [0.25, 0.3) is 0 Å². The van der Waals surface area contributed by atoms with Crippen LogP contribution in [-0.4, -0.2) is 16.1 Å². The van der Waals surface area contributed by atoms with Crippen molar-refractivity contribution in [1.29, 1.82) is 0 Å². The first-order valence-electron chi connectivity index (χ1n) is 8.13. The summed E-state index contributed by atoms with van der Waals surface area (Å²) >= 11 is 0.